The average Bonchev–Trinajstić information content (AvgIpc) is 3.08. The SMILES string of the molecule is O[C@H]1CCc2cc(OCc3nc4ccccc4s3)ccc21. The van der Waals surface area contributed by atoms with Crippen LogP contribution >= 0.6 is 11.3 Å². The fourth-order valence-electron chi connectivity index (χ4n) is 2.79. The lowest BCUT2D eigenvalue weighted by atomic mass is 10.1. The summed E-state index contributed by atoms with van der Waals surface area (Å²) in [6.07, 6.45) is 1.43. The standard InChI is InChI=1S/C17H15NO2S/c19-15-8-5-11-9-12(6-7-13(11)15)20-10-17-18-14-3-1-2-4-16(14)21-17/h1-4,6-7,9,15,19H,5,8,10H2/t15-/m0/s1. The van der Waals surface area contributed by atoms with Gasteiger partial charge in [0.2, 0.25) is 0 Å². The van der Waals surface area contributed by atoms with E-state index in [9.17, 15) is 5.11 Å². The summed E-state index contributed by atoms with van der Waals surface area (Å²) in [5, 5.41) is 10.8. The molecule has 1 atom stereocenters. The molecule has 4 heteroatoms. The molecule has 3 aromatic rings. The van der Waals surface area contributed by atoms with Crippen molar-refractivity contribution < 1.29 is 9.84 Å². The molecule has 0 radical (unpaired) electrons. The van der Waals surface area contributed by atoms with E-state index in [0.717, 1.165) is 34.7 Å². The summed E-state index contributed by atoms with van der Waals surface area (Å²) in [4.78, 5) is 4.57. The number of para-hydroxylation sites is 1. The summed E-state index contributed by atoms with van der Waals surface area (Å²) in [5.41, 5.74) is 3.27. The summed E-state index contributed by atoms with van der Waals surface area (Å²) in [5.74, 6) is 0.849. The number of benzene rings is 2. The molecule has 106 valence electrons. The van der Waals surface area contributed by atoms with Gasteiger partial charge in [0.25, 0.3) is 0 Å². The van der Waals surface area contributed by atoms with Gasteiger partial charge in [0.05, 0.1) is 16.3 Å². The third kappa shape index (κ3) is 2.41. The first kappa shape index (κ1) is 12.8. The smallest absolute Gasteiger partial charge is 0.140 e. The van der Waals surface area contributed by atoms with Gasteiger partial charge in [-0.3, -0.25) is 0 Å². The monoisotopic (exact) mass is 297 g/mol. The number of rotatable bonds is 3. The molecule has 1 heterocycles. The minimum Gasteiger partial charge on any atom is -0.486 e. The lowest BCUT2D eigenvalue weighted by molar-refractivity contribution is 0.180. The predicted molar refractivity (Wildman–Crippen MR) is 83.7 cm³/mol. The van der Waals surface area contributed by atoms with Crippen LogP contribution in [-0.4, -0.2) is 10.1 Å². The highest BCUT2D eigenvalue weighted by Gasteiger charge is 2.20. The first-order chi connectivity index (χ1) is 10.3. The van der Waals surface area contributed by atoms with Gasteiger partial charge in [-0.25, -0.2) is 4.98 Å². The number of fused-ring (bicyclic) bond motifs is 2. The number of aliphatic hydroxyl groups excluding tert-OH is 1. The third-order valence-electron chi connectivity index (χ3n) is 3.86. The van der Waals surface area contributed by atoms with Crippen LogP contribution in [0, 0.1) is 0 Å². The van der Waals surface area contributed by atoms with E-state index in [1.54, 1.807) is 11.3 Å². The Bertz CT molecular complexity index is 763. The minimum absolute atomic E-state index is 0.307. The van der Waals surface area contributed by atoms with Crippen molar-refractivity contribution in [1.82, 2.24) is 4.98 Å². The van der Waals surface area contributed by atoms with E-state index in [4.69, 9.17) is 4.74 Å². The molecule has 1 aliphatic carbocycles. The molecule has 1 aromatic heterocycles. The van der Waals surface area contributed by atoms with Crippen molar-refractivity contribution in [2.45, 2.75) is 25.6 Å². The van der Waals surface area contributed by atoms with Crippen molar-refractivity contribution in [3.05, 3.63) is 58.6 Å². The molecule has 3 nitrogen and oxygen atoms in total. The first-order valence-electron chi connectivity index (χ1n) is 7.08. The molecular formula is C17H15NO2S. The van der Waals surface area contributed by atoms with Crippen LogP contribution in [0.2, 0.25) is 0 Å². The van der Waals surface area contributed by atoms with Gasteiger partial charge in [-0.1, -0.05) is 18.2 Å². The number of hydrogen-bond acceptors (Lipinski definition) is 4. The van der Waals surface area contributed by atoms with Crippen LogP contribution in [0.1, 0.15) is 28.7 Å². The van der Waals surface area contributed by atoms with Crippen molar-refractivity contribution in [3.63, 3.8) is 0 Å². The molecule has 21 heavy (non-hydrogen) atoms. The molecule has 0 aliphatic heterocycles. The van der Waals surface area contributed by atoms with Crippen LogP contribution in [0.3, 0.4) is 0 Å². The lowest BCUT2D eigenvalue weighted by Gasteiger charge is -2.07. The number of thiazole rings is 1. The molecule has 0 saturated heterocycles. The van der Waals surface area contributed by atoms with E-state index < -0.39 is 0 Å². The molecule has 0 saturated carbocycles. The lowest BCUT2D eigenvalue weighted by Crippen LogP contribution is -1.96. The molecule has 0 spiro atoms. The number of nitrogens with zero attached hydrogens (tertiary/aromatic N) is 1. The Hall–Kier alpha value is -1.91. The topological polar surface area (TPSA) is 42.4 Å². The van der Waals surface area contributed by atoms with Crippen LogP contribution in [0.5, 0.6) is 5.75 Å². The molecule has 0 unspecified atom stereocenters. The molecule has 0 amide bonds. The average molecular weight is 297 g/mol. The number of hydrogen-bond donors (Lipinski definition) is 1. The zero-order valence-electron chi connectivity index (χ0n) is 11.5. The molecule has 2 aromatic carbocycles. The Labute approximate surface area is 126 Å². The van der Waals surface area contributed by atoms with E-state index in [-0.39, 0.29) is 6.10 Å². The van der Waals surface area contributed by atoms with Crippen LogP contribution < -0.4 is 4.74 Å². The van der Waals surface area contributed by atoms with Gasteiger partial charge in [-0.2, -0.15) is 0 Å². The summed E-state index contributed by atoms with van der Waals surface area (Å²) < 4.78 is 7.04. The second-order valence-electron chi connectivity index (χ2n) is 5.28. The Morgan fingerprint density at radius 3 is 3.05 bits per heavy atom. The molecular weight excluding hydrogens is 282 g/mol. The highest BCUT2D eigenvalue weighted by molar-refractivity contribution is 7.18. The van der Waals surface area contributed by atoms with Crippen LogP contribution in [0.15, 0.2) is 42.5 Å². The van der Waals surface area contributed by atoms with E-state index in [0.29, 0.717) is 6.61 Å². The predicted octanol–water partition coefficient (Wildman–Crippen LogP) is 3.85. The normalized spacial score (nSPS) is 17.1. The van der Waals surface area contributed by atoms with Crippen LogP contribution in [0.4, 0.5) is 0 Å². The second-order valence-corrected chi connectivity index (χ2v) is 6.39. The summed E-state index contributed by atoms with van der Waals surface area (Å²) >= 11 is 1.67. The number of ether oxygens (including phenoxy) is 1. The number of aromatic nitrogens is 1. The maximum Gasteiger partial charge on any atom is 0.140 e. The van der Waals surface area contributed by atoms with Gasteiger partial charge in [0, 0.05) is 0 Å². The highest BCUT2D eigenvalue weighted by Crippen LogP contribution is 2.33. The van der Waals surface area contributed by atoms with Crippen LogP contribution in [0.25, 0.3) is 10.2 Å². The van der Waals surface area contributed by atoms with Gasteiger partial charge >= 0.3 is 0 Å². The van der Waals surface area contributed by atoms with Gasteiger partial charge in [-0.05, 0) is 48.2 Å². The molecule has 0 bridgehead atoms. The zero-order chi connectivity index (χ0) is 14.2. The Morgan fingerprint density at radius 2 is 2.14 bits per heavy atom. The van der Waals surface area contributed by atoms with Crippen molar-refractivity contribution in [1.29, 1.82) is 0 Å². The fourth-order valence-corrected chi connectivity index (χ4v) is 3.67. The molecule has 4 rings (SSSR count). The maximum atomic E-state index is 9.81. The Balaban J connectivity index is 1.51. The largest absolute Gasteiger partial charge is 0.486 e. The quantitative estimate of drug-likeness (QED) is 0.798. The number of aryl methyl sites for hydroxylation is 1. The van der Waals surface area contributed by atoms with E-state index in [1.165, 1.54) is 10.3 Å². The molecule has 1 N–H and O–H groups in total. The summed E-state index contributed by atoms with van der Waals surface area (Å²) in [7, 11) is 0. The van der Waals surface area contributed by atoms with E-state index in [2.05, 4.69) is 11.1 Å². The maximum absolute atomic E-state index is 9.81. The van der Waals surface area contributed by atoms with Crippen LogP contribution in [-0.2, 0) is 13.0 Å². The van der Waals surface area contributed by atoms with Gasteiger partial charge in [0.1, 0.15) is 17.4 Å². The zero-order valence-corrected chi connectivity index (χ0v) is 12.3. The van der Waals surface area contributed by atoms with Crippen molar-refractivity contribution >= 4 is 21.6 Å². The number of aliphatic hydroxyl groups is 1. The summed E-state index contributed by atoms with van der Waals surface area (Å²) in [6.45, 7) is 0.487. The Morgan fingerprint density at radius 1 is 1.24 bits per heavy atom. The fraction of sp³-hybridized carbons (Fsp3) is 0.235. The first-order valence-corrected chi connectivity index (χ1v) is 7.89. The molecule has 1 aliphatic rings. The van der Waals surface area contributed by atoms with Crippen molar-refractivity contribution in [2.75, 3.05) is 0 Å². The van der Waals surface area contributed by atoms with Gasteiger partial charge < -0.3 is 9.84 Å². The van der Waals surface area contributed by atoms with E-state index >= 15 is 0 Å². The van der Waals surface area contributed by atoms with Crippen molar-refractivity contribution in [3.8, 4) is 5.75 Å². The van der Waals surface area contributed by atoms with Gasteiger partial charge in [0.15, 0.2) is 0 Å². The third-order valence-corrected chi connectivity index (χ3v) is 4.87. The highest BCUT2D eigenvalue weighted by atomic mass is 32.1. The summed E-state index contributed by atoms with van der Waals surface area (Å²) in [6, 6.07) is 14.1. The second kappa shape index (κ2) is 5.13. The van der Waals surface area contributed by atoms with Gasteiger partial charge in [-0.15, -0.1) is 11.3 Å². The molecule has 0 fully saturated rings. The Kier molecular flexibility index (Phi) is 3.13. The minimum atomic E-state index is -0.307. The van der Waals surface area contributed by atoms with E-state index in [1.807, 2.05) is 36.4 Å². The van der Waals surface area contributed by atoms with Crippen molar-refractivity contribution in [2.24, 2.45) is 0 Å².